The molecule has 0 atom stereocenters. The lowest BCUT2D eigenvalue weighted by Crippen LogP contribution is -2.05. The maximum atomic E-state index is 13.1. The summed E-state index contributed by atoms with van der Waals surface area (Å²) in [6, 6.07) is 12.8. The summed E-state index contributed by atoms with van der Waals surface area (Å²) in [6.07, 6.45) is 0. The van der Waals surface area contributed by atoms with Crippen molar-refractivity contribution in [2.45, 2.75) is 13.2 Å². The van der Waals surface area contributed by atoms with Crippen LogP contribution in [0.2, 0.25) is 0 Å². The van der Waals surface area contributed by atoms with Crippen molar-refractivity contribution in [2.75, 3.05) is 7.05 Å². The van der Waals surface area contributed by atoms with Gasteiger partial charge in [0.05, 0.1) is 4.47 Å². The van der Waals surface area contributed by atoms with Gasteiger partial charge in [-0.25, -0.2) is 4.39 Å². The minimum Gasteiger partial charge on any atom is -0.489 e. The lowest BCUT2D eigenvalue weighted by atomic mass is 10.1. The van der Waals surface area contributed by atoms with Crippen molar-refractivity contribution in [2.24, 2.45) is 0 Å². The SMILES string of the molecule is CNCc1cccc(COc2ccc(F)c(Br)c2)c1. The van der Waals surface area contributed by atoms with Crippen LogP contribution in [0.4, 0.5) is 4.39 Å². The monoisotopic (exact) mass is 323 g/mol. The highest BCUT2D eigenvalue weighted by Crippen LogP contribution is 2.22. The van der Waals surface area contributed by atoms with E-state index in [9.17, 15) is 4.39 Å². The van der Waals surface area contributed by atoms with Crippen molar-refractivity contribution < 1.29 is 9.13 Å². The van der Waals surface area contributed by atoms with Gasteiger partial charge in [0, 0.05) is 6.54 Å². The van der Waals surface area contributed by atoms with E-state index in [0.29, 0.717) is 16.8 Å². The number of benzene rings is 2. The van der Waals surface area contributed by atoms with Gasteiger partial charge in [-0.15, -0.1) is 0 Å². The minimum atomic E-state index is -0.289. The fourth-order valence-corrected chi connectivity index (χ4v) is 2.12. The van der Waals surface area contributed by atoms with Crippen molar-refractivity contribution in [1.82, 2.24) is 5.32 Å². The molecule has 0 spiro atoms. The van der Waals surface area contributed by atoms with E-state index in [4.69, 9.17) is 4.74 Å². The van der Waals surface area contributed by atoms with Gasteiger partial charge in [0.15, 0.2) is 0 Å². The maximum absolute atomic E-state index is 13.1. The highest BCUT2D eigenvalue weighted by Gasteiger charge is 2.02. The third-order valence-corrected chi connectivity index (χ3v) is 3.28. The molecule has 100 valence electrons. The number of halogens is 2. The largest absolute Gasteiger partial charge is 0.489 e. The molecule has 0 unspecified atom stereocenters. The van der Waals surface area contributed by atoms with Crippen LogP contribution in [0.5, 0.6) is 5.75 Å². The van der Waals surface area contributed by atoms with E-state index in [1.54, 1.807) is 12.1 Å². The van der Waals surface area contributed by atoms with E-state index in [2.05, 4.69) is 33.4 Å². The standard InChI is InChI=1S/C15H15BrFNO/c1-18-9-11-3-2-4-12(7-11)10-19-13-5-6-15(17)14(16)8-13/h2-8,18H,9-10H2,1H3. The zero-order chi connectivity index (χ0) is 13.7. The Morgan fingerprint density at radius 3 is 2.68 bits per heavy atom. The predicted octanol–water partition coefficient (Wildman–Crippen LogP) is 3.89. The average molecular weight is 324 g/mol. The first-order valence-corrected chi connectivity index (χ1v) is 6.78. The first-order valence-electron chi connectivity index (χ1n) is 5.99. The number of ether oxygens (including phenoxy) is 1. The minimum absolute atomic E-state index is 0.289. The van der Waals surface area contributed by atoms with E-state index in [1.165, 1.54) is 11.6 Å². The third-order valence-electron chi connectivity index (χ3n) is 2.67. The second-order valence-electron chi connectivity index (χ2n) is 4.21. The number of nitrogens with one attached hydrogen (secondary N) is 1. The van der Waals surface area contributed by atoms with Gasteiger partial charge in [-0.3, -0.25) is 0 Å². The van der Waals surface area contributed by atoms with E-state index in [1.807, 2.05) is 19.2 Å². The van der Waals surface area contributed by atoms with Crippen LogP contribution in [0.1, 0.15) is 11.1 Å². The summed E-state index contributed by atoms with van der Waals surface area (Å²) in [7, 11) is 1.92. The Morgan fingerprint density at radius 1 is 1.16 bits per heavy atom. The Labute approximate surface area is 120 Å². The summed E-state index contributed by atoms with van der Waals surface area (Å²) in [4.78, 5) is 0. The van der Waals surface area contributed by atoms with Crippen LogP contribution in [-0.2, 0) is 13.2 Å². The van der Waals surface area contributed by atoms with Crippen LogP contribution in [-0.4, -0.2) is 7.05 Å². The van der Waals surface area contributed by atoms with Gasteiger partial charge in [-0.2, -0.15) is 0 Å². The molecule has 0 saturated heterocycles. The summed E-state index contributed by atoms with van der Waals surface area (Å²) in [5.41, 5.74) is 2.30. The quantitative estimate of drug-likeness (QED) is 0.901. The van der Waals surface area contributed by atoms with Gasteiger partial charge < -0.3 is 10.1 Å². The first-order chi connectivity index (χ1) is 9.19. The second-order valence-corrected chi connectivity index (χ2v) is 5.07. The molecule has 2 aromatic carbocycles. The molecule has 4 heteroatoms. The fourth-order valence-electron chi connectivity index (χ4n) is 1.77. The molecule has 0 fully saturated rings. The van der Waals surface area contributed by atoms with Crippen LogP contribution in [0.3, 0.4) is 0 Å². The van der Waals surface area contributed by atoms with Crippen molar-refractivity contribution in [3.05, 3.63) is 63.9 Å². The molecule has 0 amide bonds. The molecule has 0 aliphatic rings. The number of hydrogen-bond donors (Lipinski definition) is 1. The van der Waals surface area contributed by atoms with E-state index >= 15 is 0 Å². The zero-order valence-electron chi connectivity index (χ0n) is 10.6. The molecular weight excluding hydrogens is 309 g/mol. The summed E-state index contributed by atoms with van der Waals surface area (Å²) >= 11 is 3.14. The molecule has 1 N–H and O–H groups in total. The second kappa shape index (κ2) is 6.68. The third kappa shape index (κ3) is 4.04. The van der Waals surface area contributed by atoms with Crippen molar-refractivity contribution in [3.63, 3.8) is 0 Å². The molecule has 19 heavy (non-hydrogen) atoms. The van der Waals surface area contributed by atoms with Crippen LogP contribution in [0, 0.1) is 5.82 Å². The van der Waals surface area contributed by atoms with Crippen LogP contribution < -0.4 is 10.1 Å². The van der Waals surface area contributed by atoms with Crippen molar-refractivity contribution >= 4 is 15.9 Å². The summed E-state index contributed by atoms with van der Waals surface area (Å²) in [5.74, 6) is 0.357. The Kier molecular flexibility index (Phi) is 4.93. The van der Waals surface area contributed by atoms with Crippen molar-refractivity contribution in [3.8, 4) is 5.75 Å². The Hall–Kier alpha value is -1.39. The predicted molar refractivity (Wildman–Crippen MR) is 77.6 cm³/mol. The lowest BCUT2D eigenvalue weighted by Gasteiger charge is -2.08. The number of rotatable bonds is 5. The van der Waals surface area contributed by atoms with Crippen LogP contribution in [0.15, 0.2) is 46.9 Å². The molecule has 2 rings (SSSR count). The fraction of sp³-hybridized carbons (Fsp3) is 0.200. The summed E-state index contributed by atoms with van der Waals surface area (Å²) in [6.45, 7) is 1.30. The van der Waals surface area contributed by atoms with E-state index in [0.717, 1.165) is 12.1 Å². The van der Waals surface area contributed by atoms with E-state index < -0.39 is 0 Å². The molecule has 2 aromatic rings. The van der Waals surface area contributed by atoms with Gasteiger partial charge >= 0.3 is 0 Å². The van der Waals surface area contributed by atoms with Gasteiger partial charge in [0.2, 0.25) is 0 Å². The molecule has 2 nitrogen and oxygen atoms in total. The summed E-state index contributed by atoms with van der Waals surface area (Å²) < 4.78 is 19.1. The van der Waals surface area contributed by atoms with Crippen LogP contribution in [0.25, 0.3) is 0 Å². The Bertz CT molecular complexity index is 560. The van der Waals surface area contributed by atoms with Gasteiger partial charge in [-0.1, -0.05) is 24.3 Å². The molecule has 0 heterocycles. The van der Waals surface area contributed by atoms with Gasteiger partial charge in [-0.05, 0) is 52.3 Å². The normalized spacial score (nSPS) is 10.5. The molecule has 0 radical (unpaired) electrons. The van der Waals surface area contributed by atoms with E-state index in [-0.39, 0.29) is 5.82 Å². The molecule has 0 saturated carbocycles. The molecule has 0 aliphatic heterocycles. The van der Waals surface area contributed by atoms with Crippen molar-refractivity contribution in [1.29, 1.82) is 0 Å². The maximum Gasteiger partial charge on any atom is 0.137 e. The number of hydrogen-bond acceptors (Lipinski definition) is 2. The highest BCUT2D eigenvalue weighted by molar-refractivity contribution is 9.10. The molecular formula is C15H15BrFNO. The Balaban J connectivity index is 2.01. The highest BCUT2D eigenvalue weighted by atomic mass is 79.9. The molecule has 0 aliphatic carbocycles. The average Bonchev–Trinajstić information content (AvgIpc) is 2.41. The van der Waals surface area contributed by atoms with Gasteiger partial charge in [0.1, 0.15) is 18.2 Å². The summed E-state index contributed by atoms with van der Waals surface area (Å²) in [5, 5.41) is 3.11. The van der Waals surface area contributed by atoms with Crippen LogP contribution >= 0.6 is 15.9 Å². The molecule has 0 aromatic heterocycles. The van der Waals surface area contributed by atoms with Gasteiger partial charge in [0.25, 0.3) is 0 Å². The zero-order valence-corrected chi connectivity index (χ0v) is 12.2. The topological polar surface area (TPSA) is 21.3 Å². The first kappa shape index (κ1) is 14.0. The smallest absolute Gasteiger partial charge is 0.137 e. The lowest BCUT2D eigenvalue weighted by molar-refractivity contribution is 0.305. The Morgan fingerprint density at radius 2 is 1.95 bits per heavy atom. The molecule has 0 bridgehead atoms.